The molecule has 0 aromatic heterocycles. The lowest BCUT2D eigenvalue weighted by Gasteiger charge is -2.31. The molecule has 0 aliphatic carbocycles. The van der Waals surface area contributed by atoms with Crippen molar-refractivity contribution in [2.75, 3.05) is 24.8 Å². The van der Waals surface area contributed by atoms with Crippen LogP contribution in [0.25, 0.3) is 0 Å². The van der Waals surface area contributed by atoms with Crippen LogP contribution in [0.1, 0.15) is 31.7 Å². The van der Waals surface area contributed by atoms with Gasteiger partial charge in [-0.2, -0.15) is 25.9 Å². The molecule has 0 saturated carbocycles. The number of nitrogens with zero attached hydrogens (tertiary/aromatic N) is 2. The highest BCUT2D eigenvalue weighted by atomic mass is 32.2. The number of unbranched alkanes of at least 4 members (excludes halogenated alkanes) is 1. The lowest BCUT2D eigenvalue weighted by Crippen LogP contribution is -2.43. The normalized spacial score (nSPS) is 17.4. The highest BCUT2D eigenvalue weighted by Gasteiger charge is 2.49. The second-order valence-electron chi connectivity index (χ2n) is 9.59. The second-order valence-corrected chi connectivity index (χ2v) is 13.8. The Morgan fingerprint density at radius 3 is 2.29 bits per heavy atom. The van der Waals surface area contributed by atoms with E-state index in [1.54, 1.807) is 36.4 Å². The summed E-state index contributed by atoms with van der Waals surface area (Å²) in [5.41, 5.74) is -4.14. The number of hydrogen-bond acceptors (Lipinski definition) is 8. The molecule has 228 valence electrons. The van der Waals surface area contributed by atoms with Crippen LogP contribution in [0.2, 0.25) is 0 Å². The number of sulfonamides is 1. The van der Waals surface area contributed by atoms with Gasteiger partial charge in [0.15, 0.2) is 5.75 Å². The number of methoxy groups -OCH3 is 1. The van der Waals surface area contributed by atoms with Gasteiger partial charge in [0.2, 0.25) is 10.0 Å². The molecule has 0 bridgehead atoms. The van der Waals surface area contributed by atoms with Gasteiger partial charge in [-0.25, -0.2) is 8.42 Å². The summed E-state index contributed by atoms with van der Waals surface area (Å²) in [5, 5.41) is 0. The van der Waals surface area contributed by atoms with Gasteiger partial charge < -0.3 is 13.8 Å². The molecule has 0 spiro atoms. The van der Waals surface area contributed by atoms with Gasteiger partial charge in [0.25, 0.3) is 0 Å². The van der Waals surface area contributed by atoms with Crippen molar-refractivity contribution in [3.8, 4) is 11.5 Å². The first-order valence-electron chi connectivity index (χ1n) is 13.0. The van der Waals surface area contributed by atoms with Crippen LogP contribution in [0.4, 0.5) is 24.5 Å². The van der Waals surface area contributed by atoms with Crippen molar-refractivity contribution in [2.24, 2.45) is 0 Å². The van der Waals surface area contributed by atoms with E-state index in [1.165, 1.54) is 23.7 Å². The Morgan fingerprint density at radius 1 is 1.05 bits per heavy atom. The van der Waals surface area contributed by atoms with E-state index in [4.69, 9.17) is 4.74 Å². The van der Waals surface area contributed by atoms with E-state index in [0.29, 0.717) is 23.4 Å². The lowest BCUT2D eigenvalue weighted by molar-refractivity contribution is -0.0500. The predicted octanol–water partition coefficient (Wildman–Crippen LogP) is 6.55. The molecule has 0 amide bonds. The standard InChI is InChI=1S/C28H31F3N2O6S3/c1-4-5-9-22-19-32(21-10-7-6-8-11-21)24-16-26(40-3)25(39-42(36,37)28(29,30)31)17-27(24)41(34,35)33(22)18-20-12-14-23(38-2)15-13-20/h6-8,10-17,22H,4-5,9,18-19H2,1-3H3/t22-/m1/s1. The predicted molar refractivity (Wildman–Crippen MR) is 156 cm³/mol. The summed E-state index contributed by atoms with van der Waals surface area (Å²) < 4.78 is 104. The number of halogens is 3. The van der Waals surface area contributed by atoms with E-state index in [-0.39, 0.29) is 28.6 Å². The van der Waals surface area contributed by atoms with Crippen molar-refractivity contribution in [3.05, 3.63) is 72.3 Å². The smallest absolute Gasteiger partial charge is 0.497 e. The molecular weight excluding hydrogens is 614 g/mol. The first kappa shape index (κ1) is 32.0. The number of fused-ring (bicyclic) bond motifs is 1. The van der Waals surface area contributed by atoms with Crippen LogP contribution in [0.3, 0.4) is 0 Å². The Kier molecular flexibility index (Phi) is 9.70. The minimum absolute atomic E-state index is 0.0237. The lowest BCUT2D eigenvalue weighted by atomic mass is 10.1. The van der Waals surface area contributed by atoms with E-state index in [0.717, 1.165) is 30.7 Å². The Morgan fingerprint density at radius 2 is 1.71 bits per heavy atom. The maximum Gasteiger partial charge on any atom is 0.534 e. The van der Waals surface area contributed by atoms with Crippen LogP contribution >= 0.6 is 11.8 Å². The number of ether oxygens (including phenoxy) is 1. The van der Waals surface area contributed by atoms with E-state index in [2.05, 4.69) is 4.18 Å². The fourth-order valence-corrected chi connectivity index (χ4v) is 7.59. The van der Waals surface area contributed by atoms with Gasteiger partial charge in [0, 0.05) is 30.9 Å². The average Bonchev–Trinajstić information content (AvgIpc) is 3.04. The quantitative estimate of drug-likeness (QED) is 0.140. The van der Waals surface area contributed by atoms with Crippen molar-refractivity contribution in [1.82, 2.24) is 4.31 Å². The third-order valence-corrected chi connectivity index (χ3v) is 10.5. The number of para-hydroxylation sites is 1. The van der Waals surface area contributed by atoms with Crippen molar-refractivity contribution in [3.63, 3.8) is 0 Å². The molecule has 0 unspecified atom stereocenters. The van der Waals surface area contributed by atoms with Crippen molar-refractivity contribution in [1.29, 1.82) is 0 Å². The molecule has 0 fully saturated rings. The first-order chi connectivity index (χ1) is 19.8. The van der Waals surface area contributed by atoms with Crippen LogP contribution in [0.15, 0.2) is 76.5 Å². The number of alkyl halides is 3. The maximum absolute atomic E-state index is 14.5. The largest absolute Gasteiger partial charge is 0.534 e. The van der Waals surface area contributed by atoms with Gasteiger partial charge in [-0.15, -0.1) is 11.8 Å². The van der Waals surface area contributed by atoms with Crippen molar-refractivity contribution < 1.29 is 38.9 Å². The number of thioether (sulfide) groups is 1. The van der Waals surface area contributed by atoms with Crippen molar-refractivity contribution >= 4 is 43.3 Å². The summed E-state index contributed by atoms with van der Waals surface area (Å²) in [5.74, 6) is -0.121. The van der Waals surface area contributed by atoms with Crippen LogP contribution in [0, 0.1) is 0 Å². The SMILES string of the molecule is CCCC[C@@H]1CN(c2ccccc2)c2cc(SC)c(OS(=O)(=O)C(F)(F)F)cc2S(=O)(=O)N1Cc1ccc(OC)cc1. The molecule has 0 saturated heterocycles. The highest BCUT2D eigenvalue weighted by Crippen LogP contribution is 2.45. The Bertz CT molecular complexity index is 1600. The van der Waals surface area contributed by atoms with Gasteiger partial charge >= 0.3 is 15.6 Å². The molecule has 0 N–H and O–H groups in total. The maximum atomic E-state index is 14.5. The van der Waals surface area contributed by atoms with Gasteiger partial charge in [-0.05, 0) is 48.6 Å². The topological polar surface area (TPSA) is 93.2 Å². The molecule has 4 rings (SSSR count). The zero-order chi connectivity index (χ0) is 30.7. The molecule has 42 heavy (non-hydrogen) atoms. The van der Waals surface area contributed by atoms with Crippen LogP contribution in [0.5, 0.6) is 11.5 Å². The number of hydrogen-bond donors (Lipinski definition) is 0. The van der Waals surface area contributed by atoms with Crippen LogP contribution in [-0.4, -0.2) is 52.6 Å². The zero-order valence-electron chi connectivity index (χ0n) is 23.2. The minimum atomic E-state index is -6.06. The molecule has 1 aliphatic heterocycles. The minimum Gasteiger partial charge on any atom is -0.497 e. The molecule has 1 aliphatic rings. The molecule has 1 atom stereocenters. The van der Waals surface area contributed by atoms with E-state index >= 15 is 0 Å². The Hall–Kier alpha value is -2.94. The summed E-state index contributed by atoms with van der Waals surface area (Å²) in [6.45, 7) is 2.23. The van der Waals surface area contributed by atoms with Gasteiger partial charge in [-0.1, -0.05) is 50.1 Å². The third-order valence-electron chi connectivity index (χ3n) is 6.86. The Labute approximate surface area is 248 Å². The van der Waals surface area contributed by atoms with E-state index in [1.807, 2.05) is 30.0 Å². The Balaban J connectivity index is 1.95. The molecule has 8 nitrogen and oxygen atoms in total. The third kappa shape index (κ3) is 6.66. The summed E-state index contributed by atoms with van der Waals surface area (Å²) in [6, 6.07) is 17.7. The van der Waals surface area contributed by atoms with Gasteiger partial charge in [0.05, 0.1) is 17.7 Å². The highest BCUT2D eigenvalue weighted by molar-refractivity contribution is 7.98. The molecule has 3 aromatic carbocycles. The molecule has 0 radical (unpaired) electrons. The first-order valence-corrected chi connectivity index (χ1v) is 17.1. The number of benzene rings is 3. The fraction of sp³-hybridized carbons (Fsp3) is 0.357. The van der Waals surface area contributed by atoms with Crippen LogP contribution < -0.4 is 13.8 Å². The molecule has 3 aromatic rings. The van der Waals surface area contributed by atoms with Gasteiger partial charge in [-0.3, -0.25) is 0 Å². The molecular formula is C28H31F3N2O6S3. The number of rotatable bonds is 10. The summed E-state index contributed by atoms with van der Waals surface area (Å²) >= 11 is 0.942. The van der Waals surface area contributed by atoms with Gasteiger partial charge in [0.1, 0.15) is 10.6 Å². The second kappa shape index (κ2) is 12.7. The fourth-order valence-electron chi connectivity index (χ4n) is 4.71. The van der Waals surface area contributed by atoms with E-state index < -0.39 is 37.4 Å². The molecule has 14 heteroatoms. The van der Waals surface area contributed by atoms with E-state index in [9.17, 15) is 30.0 Å². The summed E-state index contributed by atoms with van der Waals surface area (Å²) in [4.78, 5) is 1.48. The monoisotopic (exact) mass is 644 g/mol. The molecule has 1 heterocycles. The summed E-state index contributed by atoms with van der Waals surface area (Å²) in [7, 11) is -8.94. The average molecular weight is 645 g/mol. The summed E-state index contributed by atoms with van der Waals surface area (Å²) in [6.07, 6.45) is 3.60. The zero-order valence-corrected chi connectivity index (χ0v) is 25.6. The van der Waals surface area contributed by atoms with Crippen molar-refractivity contribution in [2.45, 2.75) is 54.1 Å². The van der Waals surface area contributed by atoms with Crippen LogP contribution in [-0.2, 0) is 26.7 Å². The number of anilines is 2.